The summed E-state index contributed by atoms with van der Waals surface area (Å²) in [5.74, 6) is 1.17. The summed E-state index contributed by atoms with van der Waals surface area (Å²) in [6.07, 6.45) is 7.20. The Kier molecular flexibility index (Phi) is 10.1. The maximum absolute atomic E-state index is 12.5. The lowest BCUT2D eigenvalue weighted by Gasteiger charge is -2.20. The molecule has 1 aliphatic heterocycles. The van der Waals surface area contributed by atoms with E-state index in [1.54, 1.807) is 21.9 Å². The number of fused-ring (bicyclic) bond motifs is 1. The molecule has 1 heterocycles. The predicted octanol–water partition coefficient (Wildman–Crippen LogP) is 5.07. The molecule has 0 radical (unpaired) electrons. The molecule has 1 atom stereocenters. The van der Waals surface area contributed by atoms with E-state index in [0.717, 1.165) is 34.4 Å². The van der Waals surface area contributed by atoms with Gasteiger partial charge in [-0.05, 0) is 86.8 Å². The van der Waals surface area contributed by atoms with Gasteiger partial charge in [-0.15, -0.1) is 0 Å². The van der Waals surface area contributed by atoms with Crippen molar-refractivity contribution < 1.29 is 24.5 Å². The van der Waals surface area contributed by atoms with E-state index in [4.69, 9.17) is 9.47 Å². The summed E-state index contributed by atoms with van der Waals surface area (Å²) in [7, 11) is 1.62. The van der Waals surface area contributed by atoms with Crippen molar-refractivity contribution in [1.82, 2.24) is 0 Å². The lowest BCUT2D eigenvalue weighted by molar-refractivity contribution is -0.0366. The Bertz CT molecular complexity index is 836. The fraction of sp³-hybridized carbons (Fsp3) is 0.500. The monoisotopic (exact) mass is 564 g/mol. The van der Waals surface area contributed by atoms with E-state index < -0.39 is 5.53 Å². The number of esters is 1. The number of ether oxygens (including phenoxy) is 2. The highest BCUT2D eigenvalue weighted by molar-refractivity contribution is 14.2. The normalized spacial score (nSPS) is 14.8. The number of cyclic esters (lactones) is 1. The highest BCUT2D eigenvalue weighted by Crippen LogP contribution is 2.39. The fourth-order valence-electron chi connectivity index (χ4n) is 3.57. The molecule has 0 aromatic heterocycles. The summed E-state index contributed by atoms with van der Waals surface area (Å²) in [6, 6.07) is 0. The minimum atomic E-state index is -1.77. The predicted molar refractivity (Wildman–Crippen MR) is 134 cm³/mol. The number of hydrogen-bond acceptors (Lipinski definition) is 6. The number of rotatable bonds is 11. The van der Waals surface area contributed by atoms with E-state index >= 15 is 0 Å². The molecule has 1 unspecified atom stereocenters. The highest BCUT2D eigenvalue weighted by Gasteiger charge is 2.32. The molecule has 5 nitrogen and oxygen atoms in total. The summed E-state index contributed by atoms with van der Waals surface area (Å²) in [5, 5.41) is 19.9. The van der Waals surface area contributed by atoms with E-state index in [9.17, 15) is 15.0 Å². The number of aliphatic hydroxyl groups is 2. The lowest BCUT2D eigenvalue weighted by atomic mass is 9.89. The van der Waals surface area contributed by atoms with Crippen LogP contribution < -0.4 is 4.74 Å². The minimum Gasteiger partial charge on any atom is -0.491 e. The number of hydrogen-bond donors (Lipinski definition) is 2. The van der Waals surface area contributed by atoms with Gasteiger partial charge in [-0.2, -0.15) is 0 Å². The van der Waals surface area contributed by atoms with Crippen molar-refractivity contribution in [2.24, 2.45) is 0 Å². The third-order valence-corrected chi connectivity index (χ3v) is 8.13. The molecule has 2 rings (SSSR count). The maximum atomic E-state index is 12.5. The van der Waals surface area contributed by atoms with Gasteiger partial charge >= 0.3 is 5.97 Å². The molecule has 1 aromatic rings. The van der Waals surface area contributed by atoms with Gasteiger partial charge in [-0.25, -0.2) is 4.79 Å². The van der Waals surface area contributed by atoms with Crippen LogP contribution in [0.15, 0.2) is 23.8 Å². The third kappa shape index (κ3) is 6.45. The van der Waals surface area contributed by atoms with E-state index in [1.165, 1.54) is 11.6 Å². The van der Waals surface area contributed by atoms with E-state index in [1.807, 2.05) is 6.92 Å². The van der Waals surface area contributed by atoms with Gasteiger partial charge in [-0.1, -0.05) is 33.6 Å². The summed E-state index contributed by atoms with van der Waals surface area (Å²) in [4.78, 5) is 12.5. The van der Waals surface area contributed by atoms with Gasteiger partial charge in [0, 0.05) is 16.9 Å². The van der Waals surface area contributed by atoms with Gasteiger partial charge in [0.15, 0.2) is 5.53 Å². The Morgan fingerprint density at radius 2 is 2.13 bits per heavy atom. The van der Waals surface area contributed by atoms with Gasteiger partial charge in [0.1, 0.15) is 17.9 Å². The molecule has 8 heteroatoms. The van der Waals surface area contributed by atoms with Crippen LogP contribution in [0.25, 0.3) is 0 Å². The summed E-state index contributed by atoms with van der Waals surface area (Å²) < 4.78 is 11.5. The molecule has 0 saturated heterocycles. The van der Waals surface area contributed by atoms with Crippen LogP contribution in [0, 0.1) is 6.92 Å². The van der Waals surface area contributed by atoms with Crippen molar-refractivity contribution in [3.05, 3.63) is 51.6 Å². The molecular formula is C22H30IO5PS. The van der Waals surface area contributed by atoms with Crippen LogP contribution in [0.3, 0.4) is 0 Å². The topological polar surface area (TPSA) is 76.0 Å². The number of benzene rings is 1. The standard InChI is InChI=1S/C22H30IO5PS/c1-5-9-22(25,26)29-13-14(3)7-8-17-16(6-2)15(4)18-12-28-21(24)19(18)20(17)27-10-11-30-23/h5,7,9,25-26,29H,6,8,10-13H2,1-4H3/b9-5?,14-7+. The van der Waals surface area contributed by atoms with Crippen molar-refractivity contribution in [3.8, 4) is 5.75 Å². The van der Waals surface area contributed by atoms with Gasteiger partial charge in [-0.3, -0.25) is 0 Å². The Labute approximate surface area is 197 Å². The van der Waals surface area contributed by atoms with Gasteiger partial charge in [0.05, 0.1) is 6.61 Å². The van der Waals surface area contributed by atoms with Gasteiger partial charge in [0.2, 0.25) is 0 Å². The molecule has 2 N–H and O–H groups in total. The molecule has 30 heavy (non-hydrogen) atoms. The summed E-state index contributed by atoms with van der Waals surface area (Å²) >= 11 is 2.24. The van der Waals surface area contributed by atoms with Crippen LogP contribution in [-0.4, -0.2) is 40.2 Å². The SMILES string of the molecule is CC=CC(O)(O)PC/C(C)=C/Cc1c(CC)c(C)c2c(c1OCCSI)C(=O)OC2. The molecule has 0 saturated carbocycles. The quantitative estimate of drug-likeness (QED) is 0.0977. The number of allylic oxidation sites excluding steroid dienone is 3. The molecule has 166 valence electrons. The van der Waals surface area contributed by atoms with Crippen LogP contribution >= 0.6 is 38.7 Å². The first kappa shape index (κ1) is 25.7. The largest absolute Gasteiger partial charge is 0.491 e. The number of carbonyl (C=O) groups excluding carboxylic acids is 1. The van der Waals surface area contributed by atoms with Gasteiger partial charge in [0.25, 0.3) is 0 Å². The average Bonchev–Trinajstić information content (AvgIpc) is 3.08. The first-order chi connectivity index (χ1) is 14.3. The average molecular weight is 564 g/mol. The molecule has 0 spiro atoms. The lowest BCUT2D eigenvalue weighted by Crippen LogP contribution is -2.18. The van der Waals surface area contributed by atoms with Crippen LogP contribution in [0.4, 0.5) is 0 Å². The van der Waals surface area contributed by atoms with Crippen molar-refractivity contribution in [3.63, 3.8) is 0 Å². The molecule has 0 bridgehead atoms. The number of carbonyl (C=O) groups is 1. The Morgan fingerprint density at radius 1 is 1.40 bits per heavy atom. The van der Waals surface area contributed by atoms with Crippen molar-refractivity contribution in [2.45, 2.75) is 52.7 Å². The van der Waals surface area contributed by atoms with Crippen LogP contribution in [0.1, 0.15) is 53.4 Å². The third-order valence-electron chi connectivity index (χ3n) is 5.07. The zero-order valence-corrected chi connectivity index (χ0v) is 21.9. The first-order valence-corrected chi connectivity index (χ1v) is 14.7. The smallest absolute Gasteiger partial charge is 0.342 e. The van der Waals surface area contributed by atoms with Crippen molar-refractivity contribution in [1.29, 1.82) is 0 Å². The van der Waals surface area contributed by atoms with Crippen molar-refractivity contribution >= 4 is 44.7 Å². The molecule has 0 fully saturated rings. The Hall–Kier alpha value is -0.600. The molecule has 1 aromatic carbocycles. The second-order valence-electron chi connectivity index (χ2n) is 7.19. The van der Waals surface area contributed by atoms with Crippen LogP contribution in [-0.2, 0) is 24.2 Å². The first-order valence-electron chi connectivity index (χ1n) is 9.95. The fourth-order valence-corrected chi connectivity index (χ4v) is 5.22. The molecule has 0 aliphatic carbocycles. The second-order valence-corrected chi connectivity index (χ2v) is 11.1. The van der Waals surface area contributed by atoms with Crippen LogP contribution in [0.5, 0.6) is 5.75 Å². The van der Waals surface area contributed by atoms with E-state index in [-0.39, 0.29) is 14.6 Å². The van der Waals surface area contributed by atoms with Gasteiger partial charge < -0.3 is 19.7 Å². The molecule has 1 aliphatic rings. The molecule has 0 amide bonds. The Balaban J connectivity index is 2.36. The Morgan fingerprint density at radius 3 is 2.77 bits per heavy atom. The van der Waals surface area contributed by atoms with Crippen LogP contribution in [0.2, 0.25) is 0 Å². The zero-order valence-electron chi connectivity index (χ0n) is 17.9. The second kappa shape index (κ2) is 11.9. The zero-order chi connectivity index (χ0) is 22.3. The van der Waals surface area contributed by atoms with E-state index in [0.29, 0.717) is 37.1 Å². The number of halogens is 1. The minimum absolute atomic E-state index is 0.0451. The molecular weight excluding hydrogens is 534 g/mol. The highest BCUT2D eigenvalue weighted by atomic mass is 127. The summed E-state index contributed by atoms with van der Waals surface area (Å²) in [6.45, 7) is 8.75. The summed E-state index contributed by atoms with van der Waals surface area (Å²) in [5.41, 5.74) is 4.15. The maximum Gasteiger partial charge on any atom is 0.342 e. The van der Waals surface area contributed by atoms with E-state index in [2.05, 4.69) is 41.1 Å². The van der Waals surface area contributed by atoms with Crippen molar-refractivity contribution in [2.75, 3.05) is 18.5 Å².